The molecule has 0 saturated carbocycles. The normalized spacial score (nSPS) is 12.7. The van der Waals surface area contributed by atoms with Crippen molar-refractivity contribution in [1.82, 2.24) is 9.78 Å². The second kappa shape index (κ2) is 5.57. The van der Waals surface area contributed by atoms with Crippen LogP contribution in [0.1, 0.15) is 41.0 Å². The van der Waals surface area contributed by atoms with Gasteiger partial charge in [0.05, 0.1) is 5.69 Å². The fraction of sp³-hybridized carbons (Fsp3) is 0.438. The van der Waals surface area contributed by atoms with Crippen molar-refractivity contribution in [3.8, 4) is 0 Å². The molecule has 2 N–H and O–H groups in total. The second-order valence-corrected chi connectivity index (χ2v) is 5.20. The van der Waals surface area contributed by atoms with Gasteiger partial charge in [0.15, 0.2) is 0 Å². The molecule has 3 nitrogen and oxygen atoms in total. The van der Waals surface area contributed by atoms with E-state index in [1.807, 2.05) is 11.7 Å². The quantitative estimate of drug-likeness (QED) is 0.915. The van der Waals surface area contributed by atoms with E-state index in [9.17, 15) is 0 Å². The lowest BCUT2D eigenvalue weighted by Crippen LogP contribution is -2.16. The molecule has 1 aromatic carbocycles. The van der Waals surface area contributed by atoms with Gasteiger partial charge in [-0.25, -0.2) is 0 Å². The van der Waals surface area contributed by atoms with Crippen LogP contribution in [0.15, 0.2) is 24.3 Å². The summed E-state index contributed by atoms with van der Waals surface area (Å²) in [6, 6.07) is 8.53. The third-order valence-electron chi connectivity index (χ3n) is 3.86. The van der Waals surface area contributed by atoms with Crippen LogP contribution in [0, 0.1) is 13.8 Å². The molecule has 0 saturated heterocycles. The smallest absolute Gasteiger partial charge is 0.0624 e. The van der Waals surface area contributed by atoms with Crippen LogP contribution in [0.2, 0.25) is 0 Å². The third-order valence-corrected chi connectivity index (χ3v) is 3.86. The maximum Gasteiger partial charge on any atom is 0.0624 e. The summed E-state index contributed by atoms with van der Waals surface area (Å²) in [7, 11) is 1.99. The van der Waals surface area contributed by atoms with Crippen LogP contribution in [0.4, 0.5) is 0 Å². The van der Waals surface area contributed by atoms with Gasteiger partial charge in [-0.05, 0) is 43.0 Å². The van der Waals surface area contributed by atoms with Crippen molar-refractivity contribution in [1.29, 1.82) is 0 Å². The summed E-state index contributed by atoms with van der Waals surface area (Å²) >= 11 is 0. The first-order valence-electron chi connectivity index (χ1n) is 6.86. The maximum atomic E-state index is 6.38. The number of nitrogens with two attached hydrogens (primary N) is 1. The van der Waals surface area contributed by atoms with Crippen molar-refractivity contribution in [3.05, 3.63) is 52.3 Å². The molecule has 1 unspecified atom stereocenters. The van der Waals surface area contributed by atoms with E-state index in [1.165, 1.54) is 22.4 Å². The molecule has 2 rings (SSSR count). The van der Waals surface area contributed by atoms with E-state index in [2.05, 4.69) is 50.1 Å². The van der Waals surface area contributed by atoms with E-state index in [-0.39, 0.29) is 6.04 Å². The van der Waals surface area contributed by atoms with E-state index >= 15 is 0 Å². The van der Waals surface area contributed by atoms with Crippen LogP contribution in [0.5, 0.6) is 0 Å². The minimum atomic E-state index is 0.0278. The lowest BCUT2D eigenvalue weighted by atomic mass is 9.95. The van der Waals surface area contributed by atoms with E-state index in [1.54, 1.807) is 0 Å². The van der Waals surface area contributed by atoms with E-state index in [4.69, 9.17) is 5.73 Å². The zero-order valence-electron chi connectivity index (χ0n) is 12.3. The lowest BCUT2D eigenvalue weighted by Gasteiger charge is -2.16. The van der Waals surface area contributed by atoms with E-state index < -0.39 is 0 Å². The molecule has 0 aliphatic carbocycles. The SMILES string of the molecule is CCc1cc(CC(N)c2cccc(C)c2C)n(C)n1. The van der Waals surface area contributed by atoms with E-state index in [0.717, 1.165) is 18.5 Å². The number of hydrogen-bond donors (Lipinski definition) is 1. The van der Waals surface area contributed by atoms with Crippen molar-refractivity contribution in [2.75, 3.05) is 0 Å². The summed E-state index contributed by atoms with van der Waals surface area (Å²) in [5, 5.41) is 4.48. The van der Waals surface area contributed by atoms with Gasteiger partial charge in [0.2, 0.25) is 0 Å². The highest BCUT2D eigenvalue weighted by atomic mass is 15.3. The van der Waals surface area contributed by atoms with Gasteiger partial charge in [-0.1, -0.05) is 25.1 Å². The van der Waals surface area contributed by atoms with Crippen molar-refractivity contribution in [2.24, 2.45) is 12.8 Å². The van der Waals surface area contributed by atoms with E-state index in [0.29, 0.717) is 0 Å². The Balaban J connectivity index is 2.22. The van der Waals surface area contributed by atoms with Crippen molar-refractivity contribution >= 4 is 0 Å². The molecule has 19 heavy (non-hydrogen) atoms. The summed E-state index contributed by atoms with van der Waals surface area (Å²) in [5.41, 5.74) is 12.5. The summed E-state index contributed by atoms with van der Waals surface area (Å²) in [6.45, 7) is 6.40. The molecule has 0 spiro atoms. The van der Waals surface area contributed by atoms with Crippen LogP contribution < -0.4 is 5.73 Å². The predicted octanol–water partition coefficient (Wildman–Crippen LogP) is 2.84. The molecule has 1 heterocycles. The highest BCUT2D eigenvalue weighted by Crippen LogP contribution is 2.22. The predicted molar refractivity (Wildman–Crippen MR) is 79.1 cm³/mol. The minimum absolute atomic E-state index is 0.0278. The van der Waals surface area contributed by atoms with Crippen LogP contribution >= 0.6 is 0 Å². The average Bonchev–Trinajstić information content (AvgIpc) is 2.73. The minimum Gasteiger partial charge on any atom is -0.324 e. The fourth-order valence-electron chi connectivity index (χ4n) is 2.45. The number of aryl methyl sites for hydroxylation is 3. The maximum absolute atomic E-state index is 6.38. The molecule has 2 aromatic rings. The Kier molecular flexibility index (Phi) is 4.05. The van der Waals surface area contributed by atoms with Gasteiger partial charge in [-0.15, -0.1) is 0 Å². The molecule has 0 bridgehead atoms. The Morgan fingerprint density at radius 2 is 2.05 bits per heavy atom. The van der Waals surface area contributed by atoms with Gasteiger partial charge in [-0.2, -0.15) is 5.10 Å². The van der Waals surface area contributed by atoms with Crippen molar-refractivity contribution in [3.63, 3.8) is 0 Å². The van der Waals surface area contributed by atoms with Gasteiger partial charge in [0.1, 0.15) is 0 Å². The van der Waals surface area contributed by atoms with Crippen LogP contribution in [-0.4, -0.2) is 9.78 Å². The van der Waals surface area contributed by atoms with Gasteiger partial charge < -0.3 is 5.73 Å². The zero-order chi connectivity index (χ0) is 14.0. The molecular weight excluding hydrogens is 234 g/mol. The first-order chi connectivity index (χ1) is 9.02. The molecule has 1 aromatic heterocycles. The molecular formula is C16H23N3. The Hall–Kier alpha value is -1.61. The molecule has 0 radical (unpaired) electrons. The topological polar surface area (TPSA) is 43.8 Å². The monoisotopic (exact) mass is 257 g/mol. The highest BCUT2D eigenvalue weighted by Gasteiger charge is 2.13. The summed E-state index contributed by atoms with van der Waals surface area (Å²) in [5.74, 6) is 0. The number of hydrogen-bond acceptors (Lipinski definition) is 2. The standard InChI is InChI=1S/C16H23N3/c1-5-13-9-14(19(4)18-13)10-16(17)15-8-6-7-11(2)12(15)3/h6-9,16H,5,10,17H2,1-4H3. The molecule has 3 heteroatoms. The lowest BCUT2D eigenvalue weighted by molar-refractivity contribution is 0.636. The molecule has 0 aliphatic heterocycles. The van der Waals surface area contributed by atoms with Crippen LogP contribution in [0.3, 0.4) is 0 Å². The van der Waals surface area contributed by atoms with Crippen LogP contribution in [0.25, 0.3) is 0 Å². The molecule has 0 aliphatic rings. The summed E-state index contributed by atoms with van der Waals surface area (Å²) in [6.07, 6.45) is 1.79. The largest absolute Gasteiger partial charge is 0.324 e. The summed E-state index contributed by atoms with van der Waals surface area (Å²) < 4.78 is 1.95. The molecule has 102 valence electrons. The first-order valence-corrected chi connectivity index (χ1v) is 6.86. The summed E-state index contributed by atoms with van der Waals surface area (Å²) in [4.78, 5) is 0. The van der Waals surface area contributed by atoms with Gasteiger partial charge >= 0.3 is 0 Å². The first kappa shape index (κ1) is 13.8. The molecule has 0 fully saturated rings. The Morgan fingerprint density at radius 3 is 2.68 bits per heavy atom. The highest BCUT2D eigenvalue weighted by molar-refractivity contribution is 5.35. The van der Waals surface area contributed by atoms with Gasteiger partial charge in [0.25, 0.3) is 0 Å². The number of benzene rings is 1. The van der Waals surface area contributed by atoms with Crippen LogP contribution in [-0.2, 0) is 19.9 Å². The third kappa shape index (κ3) is 2.87. The number of nitrogens with zero attached hydrogens (tertiary/aromatic N) is 2. The van der Waals surface area contributed by atoms with Gasteiger partial charge in [-0.3, -0.25) is 4.68 Å². The fourth-order valence-corrected chi connectivity index (χ4v) is 2.45. The van der Waals surface area contributed by atoms with Gasteiger partial charge in [0, 0.05) is 25.2 Å². The second-order valence-electron chi connectivity index (χ2n) is 5.20. The Bertz CT molecular complexity index is 569. The molecule has 1 atom stereocenters. The van der Waals surface area contributed by atoms with Crippen molar-refractivity contribution < 1.29 is 0 Å². The number of aromatic nitrogens is 2. The Morgan fingerprint density at radius 1 is 1.32 bits per heavy atom. The zero-order valence-corrected chi connectivity index (χ0v) is 12.3. The number of rotatable bonds is 4. The average molecular weight is 257 g/mol. The Labute approximate surface area is 115 Å². The van der Waals surface area contributed by atoms with Crippen molar-refractivity contribution in [2.45, 2.75) is 39.7 Å². The molecule has 0 amide bonds.